The van der Waals surface area contributed by atoms with Crippen molar-refractivity contribution in [2.24, 2.45) is 7.05 Å². The van der Waals surface area contributed by atoms with E-state index in [1.54, 1.807) is 30.1 Å². The summed E-state index contributed by atoms with van der Waals surface area (Å²) in [7, 11) is 1.76. The number of aromatic nitrogens is 6. The molecule has 1 atom stereocenters. The number of carbonyl (C=O) groups excluding carboxylic acids is 1. The number of nitrogens with zero attached hydrogens (tertiary/aromatic N) is 7. The quantitative estimate of drug-likeness (QED) is 0.367. The third-order valence-electron chi connectivity index (χ3n) is 5.36. The average molecular weight is 478 g/mol. The van der Waals surface area contributed by atoms with Crippen molar-refractivity contribution < 1.29 is 14.3 Å². The molecular formula is C23H24FN9O2. The summed E-state index contributed by atoms with van der Waals surface area (Å²) < 4.78 is 17.3. The van der Waals surface area contributed by atoms with Crippen molar-refractivity contribution in [1.82, 2.24) is 34.8 Å². The van der Waals surface area contributed by atoms with Gasteiger partial charge in [0.05, 0.1) is 40.9 Å². The first-order valence-corrected chi connectivity index (χ1v) is 10.7. The fourth-order valence-electron chi connectivity index (χ4n) is 3.39. The highest BCUT2D eigenvalue weighted by atomic mass is 19.1. The summed E-state index contributed by atoms with van der Waals surface area (Å²) >= 11 is 0. The van der Waals surface area contributed by atoms with Gasteiger partial charge in [0, 0.05) is 37.0 Å². The van der Waals surface area contributed by atoms with Gasteiger partial charge in [0.15, 0.2) is 11.5 Å². The molecule has 0 aliphatic heterocycles. The summed E-state index contributed by atoms with van der Waals surface area (Å²) in [5.74, 6) is 0.421. The van der Waals surface area contributed by atoms with Gasteiger partial charge in [-0.2, -0.15) is 20.1 Å². The minimum atomic E-state index is -1.66. The van der Waals surface area contributed by atoms with E-state index in [1.165, 1.54) is 30.9 Å². The molecule has 4 heterocycles. The molecule has 0 spiro atoms. The first kappa shape index (κ1) is 23.8. The Kier molecular flexibility index (Phi) is 6.19. The zero-order valence-corrected chi connectivity index (χ0v) is 19.6. The average Bonchev–Trinajstić information content (AvgIpc) is 3.37. The van der Waals surface area contributed by atoms with Gasteiger partial charge < -0.3 is 15.7 Å². The maximum atomic E-state index is 14.2. The molecule has 0 saturated heterocycles. The van der Waals surface area contributed by atoms with Crippen molar-refractivity contribution in [2.75, 3.05) is 11.9 Å². The minimum absolute atomic E-state index is 0.159. The van der Waals surface area contributed by atoms with Gasteiger partial charge in [0.1, 0.15) is 18.1 Å². The number of aliphatic hydroxyl groups is 1. The summed E-state index contributed by atoms with van der Waals surface area (Å²) in [5.41, 5.74) is 0.613. The monoisotopic (exact) mass is 477 g/mol. The lowest BCUT2D eigenvalue weighted by Gasteiger charge is -2.22. The number of rotatable bonds is 7. The van der Waals surface area contributed by atoms with Crippen LogP contribution in [-0.4, -0.2) is 58.9 Å². The Morgan fingerprint density at radius 3 is 2.69 bits per heavy atom. The molecule has 4 aromatic heterocycles. The van der Waals surface area contributed by atoms with Gasteiger partial charge >= 0.3 is 0 Å². The Hall–Kier alpha value is -4.37. The third-order valence-corrected chi connectivity index (χ3v) is 5.36. The van der Waals surface area contributed by atoms with Crippen LogP contribution < -0.4 is 10.6 Å². The van der Waals surface area contributed by atoms with Crippen LogP contribution in [0, 0.1) is 18.3 Å². The topological polar surface area (TPSA) is 147 Å². The number of nitrogens with one attached hydrogen (secondary N) is 2. The van der Waals surface area contributed by atoms with Crippen LogP contribution in [-0.2, 0) is 7.05 Å². The molecule has 1 unspecified atom stereocenters. The van der Waals surface area contributed by atoms with Gasteiger partial charge in [-0.05, 0) is 26.8 Å². The summed E-state index contributed by atoms with van der Waals surface area (Å²) in [5, 5.41) is 33.9. The number of pyridine rings is 2. The van der Waals surface area contributed by atoms with E-state index in [1.807, 2.05) is 19.1 Å². The first-order chi connectivity index (χ1) is 16.6. The Morgan fingerprint density at radius 2 is 2.03 bits per heavy atom. The van der Waals surface area contributed by atoms with E-state index >= 15 is 0 Å². The number of fused-ring (bicyclic) bond motifs is 1. The van der Waals surface area contributed by atoms with Crippen LogP contribution in [0.15, 0.2) is 36.8 Å². The lowest BCUT2D eigenvalue weighted by atomic mass is 10.0. The number of aryl methyl sites for hydroxylation is 2. The van der Waals surface area contributed by atoms with Crippen molar-refractivity contribution in [2.45, 2.75) is 32.5 Å². The zero-order chi connectivity index (χ0) is 25.3. The van der Waals surface area contributed by atoms with Crippen molar-refractivity contribution in [3.05, 3.63) is 53.6 Å². The molecule has 0 radical (unpaired) electrons. The Balaban J connectivity index is 1.72. The van der Waals surface area contributed by atoms with Crippen LogP contribution in [0.3, 0.4) is 0 Å². The van der Waals surface area contributed by atoms with Crippen LogP contribution in [0.25, 0.3) is 16.9 Å². The van der Waals surface area contributed by atoms with E-state index in [-0.39, 0.29) is 12.1 Å². The van der Waals surface area contributed by atoms with E-state index in [2.05, 4.69) is 30.8 Å². The largest absolute Gasteiger partial charge is 0.387 e. The number of halogens is 1. The number of alkyl halides is 1. The molecular weight excluding hydrogens is 453 g/mol. The van der Waals surface area contributed by atoms with Crippen molar-refractivity contribution in [1.29, 1.82) is 5.26 Å². The number of carbonyl (C=O) groups is 1. The van der Waals surface area contributed by atoms with Crippen LogP contribution >= 0.6 is 0 Å². The molecule has 4 rings (SSSR count). The predicted octanol–water partition coefficient (Wildman–Crippen LogP) is 2.31. The van der Waals surface area contributed by atoms with E-state index < -0.39 is 17.7 Å². The summed E-state index contributed by atoms with van der Waals surface area (Å²) in [6, 6.07) is 7.13. The molecule has 4 aromatic rings. The Morgan fingerprint density at radius 1 is 1.26 bits per heavy atom. The van der Waals surface area contributed by atoms with Gasteiger partial charge in [0.25, 0.3) is 5.91 Å². The smallest absolute Gasteiger partial charge is 0.255 e. The number of hydrogen-bond acceptors (Lipinski definition) is 8. The van der Waals surface area contributed by atoms with Crippen LogP contribution in [0.4, 0.5) is 15.9 Å². The zero-order valence-electron chi connectivity index (χ0n) is 19.6. The van der Waals surface area contributed by atoms with Crippen molar-refractivity contribution in [3.63, 3.8) is 0 Å². The van der Waals surface area contributed by atoms with Crippen LogP contribution in [0.5, 0.6) is 0 Å². The van der Waals surface area contributed by atoms with Crippen LogP contribution in [0.1, 0.15) is 35.5 Å². The molecule has 0 aliphatic carbocycles. The van der Waals surface area contributed by atoms with Gasteiger partial charge in [0.2, 0.25) is 0 Å². The highest BCUT2D eigenvalue weighted by Gasteiger charge is 2.27. The highest BCUT2D eigenvalue weighted by Crippen LogP contribution is 2.25. The number of amides is 1. The Bertz CT molecular complexity index is 1450. The summed E-state index contributed by atoms with van der Waals surface area (Å²) in [6.45, 7) is 4.13. The molecule has 180 valence electrons. The Labute approximate surface area is 200 Å². The third kappa shape index (κ3) is 4.95. The minimum Gasteiger partial charge on any atom is -0.387 e. The second-order valence-electron chi connectivity index (χ2n) is 8.64. The fourth-order valence-corrected chi connectivity index (χ4v) is 3.39. The second kappa shape index (κ2) is 9.11. The summed E-state index contributed by atoms with van der Waals surface area (Å²) in [6.07, 6.45) is 2.71. The lowest BCUT2D eigenvalue weighted by molar-refractivity contribution is -0.00177. The molecule has 35 heavy (non-hydrogen) atoms. The fraction of sp³-hybridized carbons (Fsp3) is 0.304. The molecule has 11 nitrogen and oxygen atoms in total. The van der Waals surface area contributed by atoms with Crippen molar-refractivity contribution >= 4 is 28.4 Å². The SMILES string of the molecule is Cc1cc(Nc2cc(-n3ncc4cc(C#N)cnc43)ncc2C(=O)NCC(F)C(C)(C)O)n(C)n1. The van der Waals surface area contributed by atoms with Gasteiger partial charge in [-0.15, -0.1) is 0 Å². The molecule has 12 heteroatoms. The molecule has 3 N–H and O–H groups in total. The van der Waals surface area contributed by atoms with Gasteiger partial charge in [-0.25, -0.2) is 14.4 Å². The number of nitriles is 1. The normalized spacial score (nSPS) is 12.4. The molecule has 1 amide bonds. The molecule has 0 bridgehead atoms. The maximum absolute atomic E-state index is 14.2. The van der Waals surface area contributed by atoms with Gasteiger partial charge in [-0.3, -0.25) is 9.48 Å². The van der Waals surface area contributed by atoms with E-state index in [0.717, 1.165) is 5.69 Å². The second-order valence-corrected chi connectivity index (χ2v) is 8.64. The number of anilines is 2. The van der Waals surface area contributed by atoms with E-state index in [0.29, 0.717) is 33.9 Å². The maximum Gasteiger partial charge on any atom is 0.255 e. The van der Waals surface area contributed by atoms with Gasteiger partial charge in [-0.1, -0.05) is 0 Å². The lowest BCUT2D eigenvalue weighted by Crippen LogP contribution is -2.42. The standard InChI is InChI=1S/C23H24FN9O2/c1-13-5-20(32(4)31-13)30-17-7-19(33-21-15(10-29-33)6-14(8-25)9-27-21)26-11-16(17)22(34)28-12-18(24)23(2,3)35/h5-7,9-11,18,35H,12H2,1-4H3,(H,26,30)(H,28,34). The molecule has 0 aliphatic rings. The van der Waals surface area contributed by atoms with E-state index in [9.17, 15) is 14.3 Å². The number of hydrogen-bond donors (Lipinski definition) is 3. The predicted molar refractivity (Wildman–Crippen MR) is 126 cm³/mol. The molecule has 0 saturated carbocycles. The van der Waals surface area contributed by atoms with E-state index in [4.69, 9.17) is 5.26 Å². The highest BCUT2D eigenvalue weighted by molar-refractivity contribution is 6.00. The van der Waals surface area contributed by atoms with Crippen molar-refractivity contribution in [3.8, 4) is 11.9 Å². The van der Waals surface area contributed by atoms with Crippen LogP contribution in [0.2, 0.25) is 0 Å². The molecule has 0 fully saturated rings. The first-order valence-electron chi connectivity index (χ1n) is 10.7. The molecule has 0 aromatic carbocycles. The summed E-state index contributed by atoms with van der Waals surface area (Å²) in [4.78, 5) is 21.6.